The molecule has 2 aromatic carbocycles. The molecule has 0 aromatic heterocycles. The van der Waals surface area contributed by atoms with Gasteiger partial charge in [-0.15, -0.1) is 0 Å². The molecular formula is C16H16BrNO. The monoisotopic (exact) mass is 317 g/mol. The first-order chi connectivity index (χ1) is 9.11. The second kappa shape index (κ2) is 6.02. The average Bonchev–Trinajstić information content (AvgIpc) is 2.41. The van der Waals surface area contributed by atoms with Gasteiger partial charge in [0.25, 0.3) is 5.91 Å². The predicted octanol–water partition coefficient (Wildman–Crippen LogP) is 4.57. The molecule has 0 aliphatic rings. The highest BCUT2D eigenvalue weighted by atomic mass is 79.9. The van der Waals surface area contributed by atoms with Gasteiger partial charge in [-0.2, -0.15) is 0 Å². The maximum atomic E-state index is 12.3. The molecule has 19 heavy (non-hydrogen) atoms. The Morgan fingerprint density at radius 1 is 1.21 bits per heavy atom. The summed E-state index contributed by atoms with van der Waals surface area (Å²) in [6.45, 7) is 4.03. The van der Waals surface area contributed by atoms with Crippen LogP contribution in [0.2, 0.25) is 0 Å². The summed E-state index contributed by atoms with van der Waals surface area (Å²) in [4.78, 5) is 12.3. The van der Waals surface area contributed by atoms with E-state index in [1.54, 1.807) is 0 Å². The molecule has 0 aliphatic heterocycles. The molecule has 0 unspecified atom stereocenters. The normalized spacial score (nSPS) is 10.3. The Morgan fingerprint density at radius 3 is 2.63 bits per heavy atom. The number of nitrogens with one attached hydrogen (secondary N) is 1. The van der Waals surface area contributed by atoms with Gasteiger partial charge in [-0.25, -0.2) is 0 Å². The number of hydrogen-bond acceptors (Lipinski definition) is 1. The molecule has 1 N–H and O–H groups in total. The van der Waals surface area contributed by atoms with Gasteiger partial charge in [-0.1, -0.05) is 41.1 Å². The summed E-state index contributed by atoms with van der Waals surface area (Å²) >= 11 is 3.42. The Kier molecular flexibility index (Phi) is 4.38. The smallest absolute Gasteiger partial charge is 0.255 e. The van der Waals surface area contributed by atoms with Crippen LogP contribution >= 0.6 is 15.9 Å². The quantitative estimate of drug-likeness (QED) is 0.882. The first-order valence-electron chi connectivity index (χ1n) is 6.27. The lowest BCUT2D eigenvalue weighted by molar-refractivity contribution is 0.102. The fourth-order valence-corrected chi connectivity index (χ4v) is 2.48. The summed E-state index contributed by atoms with van der Waals surface area (Å²) < 4.78 is 1.01. The number of carbonyl (C=O) groups is 1. The Labute approximate surface area is 122 Å². The second-order valence-electron chi connectivity index (χ2n) is 4.42. The van der Waals surface area contributed by atoms with Gasteiger partial charge in [0.2, 0.25) is 0 Å². The third-order valence-electron chi connectivity index (χ3n) is 3.08. The van der Waals surface area contributed by atoms with E-state index in [0.29, 0.717) is 0 Å². The van der Waals surface area contributed by atoms with Gasteiger partial charge in [-0.3, -0.25) is 4.79 Å². The van der Waals surface area contributed by atoms with Crippen LogP contribution in [0.5, 0.6) is 0 Å². The molecule has 0 heterocycles. The summed E-state index contributed by atoms with van der Waals surface area (Å²) in [7, 11) is 0. The molecule has 98 valence electrons. The van der Waals surface area contributed by atoms with Gasteiger partial charge >= 0.3 is 0 Å². The van der Waals surface area contributed by atoms with Crippen molar-refractivity contribution in [1.82, 2.24) is 0 Å². The van der Waals surface area contributed by atoms with Gasteiger partial charge in [-0.05, 0) is 48.7 Å². The second-order valence-corrected chi connectivity index (χ2v) is 5.34. The van der Waals surface area contributed by atoms with Gasteiger partial charge < -0.3 is 5.32 Å². The zero-order chi connectivity index (χ0) is 13.8. The Hall–Kier alpha value is -1.61. The largest absolute Gasteiger partial charge is 0.322 e. The molecule has 2 rings (SSSR count). The number of rotatable bonds is 3. The van der Waals surface area contributed by atoms with Gasteiger partial charge in [0.1, 0.15) is 0 Å². The highest BCUT2D eigenvalue weighted by molar-refractivity contribution is 9.10. The van der Waals surface area contributed by atoms with Crippen molar-refractivity contribution in [2.24, 2.45) is 0 Å². The summed E-state index contributed by atoms with van der Waals surface area (Å²) in [5.41, 5.74) is 3.69. The van der Waals surface area contributed by atoms with Crippen molar-refractivity contribution in [3.05, 3.63) is 63.6 Å². The van der Waals surface area contributed by atoms with E-state index in [1.807, 2.05) is 49.4 Å². The first kappa shape index (κ1) is 13.8. The van der Waals surface area contributed by atoms with E-state index in [2.05, 4.69) is 28.2 Å². The zero-order valence-corrected chi connectivity index (χ0v) is 12.6. The van der Waals surface area contributed by atoms with Crippen molar-refractivity contribution in [3.63, 3.8) is 0 Å². The molecular weight excluding hydrogens is 302 g/mol. The number of aryl methyl sites for hydroxylation is 2. The van der Waals surface area contributed by atoms with E-state index < -0.39 is 0 Å². The molecule has 0 aliphatic carbocycles. The van der Waals surface area contributed by atoms with Gasteiger partial charge in [0.05, 0.1) is 0 Å². The lowest BCUT2D eigenvalue weighted by Gasteiger charge is -2.11. The van der Waals surface area contributed by atoms with E-state index in [1.165, 1.54) is 0 Å². The minimum Gasteiger partial charge on any atom is -0.322 e. The van der Waals surface area contributed by atoms with Crippen molar-refractivity contribution in [1.29, 1.82) is 0 Å². The number of anilines is 1. The number of hydrogen-bond donors (Lipinski definition) is 1. The van der Waals surface area contributed by atoms with Crippen LogP contribution in [0.1, 0.15) is 28.4 Å². The fourth-order valence-electron chi connectivity index (χ4n) is 2.01. The molecule has 2 aromatic rings. The Morgan fingerprint density at radius 2 is 1.95 bits per heavy atom. The van der Waals surface area contributed by atoms with E-state index in [4.69, 9.17) is 0 Å². The van der Waals surface area contributed by atoms with Crippen LogP contribution in [0.25, 0.3) is 0 Å². The lowest BCUT2D eigenvalue weighted by Crippen LogP contribution is -2.14. The third kappa shape index (κ3) is 3.24. The molecule has 2 nitrogen and oxygen atoms in total. The van der Waals surface area contributed by atoms with Crippen LogP contribution in [-0.2, 0) is 6.42 Å². The molecule has 3 heteroatoms. The average molecular weight is 318 g/mol. The van der Waals surface area contributed by atoms with Crippen molar-refractivity contribution < 1.29 is 4.79 Å². The number of amides is 1. The number of halogens is 1. The van der Waals surface area contributed by atoms with Crippen LogP contribution in [0.4, 0.5) is 5.69 Å². The molecule has 0 atom stereocenters. The highest BCUT2D eigenvalue weighted by Crippen LogP contribution is 2.21. The van der Waals surface area contributed by atoms with Crippen molar-refractivity contribution in [3.8, 4) is 0 Å². The van der Waals surface area contributed by atoms with Crippen LogP contribution in [0.15, 0.2) is 46.9 Å². The third-order valence-corrected chi connectivity index (χ3v) is 3.57. The lowest BCUT2D eigenvalue weighted by atomic mass is 10.0. The minimum atomic E-state index is -0.0529. The van der Waals surface area contributed by atoms with Gasteiger partial charge in [0, 0.05) is 15.7 Å². The van der Waals surface area contributed by atoms with Crippen LogP contribution in [-0.4, -0.2) is 5.91 Å². The maximum Gasteiger partial charge on any atom is 0.255 e. The molecule has 0 saturated heterocycles. The van der Waals surface area contributed by atoms with Crippen molar-refractivity contribution in [2.75, 3.05) is 5.32 Å². The minimum absolute atomic E-state index is 0.0529. The molecule has 0 spiro atoms. The fraction of sp³-hybridized carbons (Fsp3) is 0.188. The summed E-state index contributed by atoms with van der Waals surface area (Å²) in [6, 6.07) is 13.5. The summed E-state index contributed by atoms with van der Waals surface area (Å²) in [5.74, 6) is -0.0529. The van der Waals surface area contributed by atoms with Gasteiger partial charge in [0.15, 0.2) is 0 Å². The SMILES string of the molecule is CCc1ccccc1C(=O)Nc1ccc(Br)cc1C. The molecule has 0 radical (unpaired) electrons. The van der Waals surface area contributed by atoms with Crippen LogP contribution in [0.3, 0.4) is 0 Å². The van der Waals surface area contributed by atoms with Crippen molar-refractivity contribution in [2.45, 2.75) is 20.3 Å². The van der Waals surface area contributed by atoms with E-state index in [-0.39, 0.29) is 5.91 Å². The summed E-state index contributed by atoms with van der Waals surface area (Å²) in [6.07, 6.45) is 0.850. The van der Waals surface area contributed by atoms with Crippen molar-refractivity contribution >= 4 is 27.5 Å². The zero-order valence-electron chi connectivity index (χ0n) is 11.0. The van der Waals surface area contributed by atoms with Crippen LogP contribution < -0.4 is 5.32 Å². The molecule has 0 saturated carbocycles. The van der Waals surface area contributed by atoms with E-state index in [0.717, 1.165) is 33.3 Å². The Bertz CT molecular complexity index is 607. The van der Waals surface area contributed by atoms with E-state index >= 15 is 0 Å². The Balaban J connectivity index is 2.26. The van der Waals surface area contributed by atoms with Crippen LogP contribution in [0, 0.1) is 6.92 Å². The molecule has 0 bridgehead atoms. The number of carbonyl (C=O) groups excluding carboxylic acids is 1. The number of benzene rings is 2. The summed E-state index contributed by atoms with van der Waals surface area (Å²) in [5, 5.41) is 2.97. The first-order valence-corrected chi connectivity index (χ1v) is 7.06. The molecule has 1 amide bonds. The standard InChI is InChI=1S/C16H16BrNO/c1-3-12-6-4-5-7-14(12)16(19)18-15-9-8-13(17)10-11(15)2/h4-10H,3H2,1-2H3,(H,18,19). The maximum absolute atomic E-state index is 12.3. The topological polar surface area (TPSA) is 29.1 Å². The predicted molar refractivity (Wildman–Crippen MR) is 82.7 cm³/mol. The molecule has 0 fully saturated rings. The van der Waals surface area contributed by atoms with E-state index in [9.17, 15) is 4.79 Å². The highest BCUT2D eigenvalue weighted by Gasteiger charge is 2.10.